The predicted molar refractivity (Wildman–Crippen MR) is 103 cm³/mol. The maximum atomic E-state index is 13.1. The second kappa shape index (κ2) is 8.97. The number of nitrogens with one attached hydrogen (secondary N) is 1. The largest absolute Gasteiger partial charge is 0.487 e. The SMILES string of the molecule is Cc1onc(-c2ccc(F)cn2)c1COc1ccc(C(=O)NN2CCOCC2)nc1. The summed E-state index contributed by atoms with van der Waals surface area (Å²) in [7, 11) is 0. The van der Waals surface area contributed by atoms with Gasteiger partial charge in [-0.05, 0) is 31.2 Å². The molecule has 4 heterocycles. The molecule has 0 radical (unpaired) electrons. The smallest absolute Gasteiger partial charge is 0.284 e. The van der Waals surface area contributed by atoms with Crippen LogP contribution in [0.5, 0.6) is 5.75 Å². The topological polar surface area (TPSA) is 103 Å². The number of morpholine rings is 1. The number of carbonyl (C=O) groups is 1. The molecule has 0 unspecified atom stereocenters. The van der Waals surface area contributed by atoms with Crippen LogP contribution in [0.3, 0.4) is 0 Å². The molecule has 0 saturated carbocycles. The van der Waals surface area contributed by atoms with E-state index in [2.05, 4.69) is 20.6 Å². The molecule has 3 aromatic rings. The van der Waals surface area contributed by atoms with Crippen LogP contribution in [-0.2, 0) is 11.3 Å². The first-order chi connectivity index (χ1) is 14.6. The molecule has 156 valence electrons. The van der Waals surface area contributed by atoms with Crippen molar-refractivity contribution < 1.29 is 23.2 Å². The molecule has 9 nitrogen and oxygen atoms in total. The van der Waals surface area contributed by atoms with Gasteiger partial charge in [-0.25, -0.2) is 14.4 Å². The zero-order chi connectivity index (χ0) is 20.9. The molecule has 1 saturated heterocycles. The molecule has 1 N–H and O–H groups in total. The molecule has 0 aliphatic carbocycles. The van der Waals surface area contributed by atoms with Gasteiger partial charge in [0, 0.05) is 13.1 Å². The quantitative estimate of drug-likeness (QED) is 0.656. The number of carbonyl (C=O) groups excluding carboxylic acids is 1. The highest BCUT2D eigenvalue weighted by Crippen LogP contribution is 2.25. The minimum absolute atomic E-state index is 0.157. The summed E-state index contributed by atoms with van der Waals surface area (Å²) in [6, 6.07) is 6.09. The van der Waals surface area contributed by atoms with E-state index in [0.717, 1.165) is 6.20 Å². The minimum Gasteiger partial charge on any atom is -0.487 e. The van der Waals surface area contributed by atoms with E-state index in [1.807, 2.05) is 0 Å². The van der Waals surface area contributed by atoms with E-state index in [9.17, 15) is 9.18 Å². The van der Waals surface area contributed by atoms with Crippen molar-refractivity contribution in [1.82, 2.24) is 25.6 Å². The Hall–Kier alpha value is -3.37. The number of ether oxygens (including phenoxy) is 2. The second-order valence-corrected chi connectivity index (χ2v) is 6.64. The maximum Gasteiger partial charge on any atom is 0.284 e. The number of hydrogen-bond acceptors (Lipinski definition) is 8. The van der Waals surface area contributed by atoms with E-state index in [0.29, 0.717) is 54.8 Å². The molecule has 4 rings (SSSR count). The fourth-order valence-corrected chi connectivity index (χ4v) is 2.91. The number of nitrogens with zero attached hydrogens (tertiary/aromatic N) is 4. The Morgan fingerprint density at radius 2 is 2.03 bits per heavy atom. The Morgan fingerprint density at radius 1 is 1.20 bits per heavy atom. The molecule has 3 aromatic heterocycles. The van der Waals surface area contributed by atoms with Gasteiger partial charge in [-0.1, -0.05) is 5.16 Å². The molecule has 30 heavy (non-hydrogen) atoms. The van der Waals surface area contributed by atoms with Gasteiger partial charge in [-0.3, -0.25) is 15.2 Å². The molecular formula is C20H20FN5O4. The molecular weight excluding hydrogens is 393 g/mol. The Labute approximate surface area is 171 Å². The van der Waals surface area contributed by atoms with Crippen LogP contribution in [-0.4, -0.2) is 52.3 Å². The van der Waals surface area contributed by atoms with Gasteiger partial charge in [0.1, 0.15) is 35.3 Å². The zero-order valence-electron chi connectivity index (χ0n) is 16.3. The summed E-state index contributed by atoms with van der Waals surface area (Å²) in [4.78, 5) is 20.5. The van der Waals surface area contributed by atoms with Gasteiger partial charge in [-0.15, -0.1) is 0 Å². The van der Waals surface area contributed by atoms with Crippen LogP contribution in [0, 0.1) is 12.7 Å². The lowest BCUT2D eigenvalue weighted by Gasteiger charge is -2.26. The standard InChI is InChI=1S/C20H20FN5O4/c1-13-16(19(25-30-13)17-4-2-14(21)10-22-17)12-29-15-3-5-18(23-11-15)20(27)24-26-6-8-28-9-7-26/h2-5,10-11H,6-9,12H2,1H3,(H,24,27). The number of hydrogen-bond donors (Lipinski definition) is 1. The highest BCUT2D eigenvalue weighted by Gasteiger charge is 2.18. The van der Waals surface area contributed by atoms with Gasteiger partial charge in [0.2, 0.25) is 0 Å². The number of aryl methyl sites for hydroxylation is 1. The van der Waals surface area contributed by atoms with Crippen LogP contribution in [0.1, 0.15) is 21.8 Å². The van der Waals surface area contributed by atoms with Crippen LogP contribution in [0.15, 0.2) is 41.2 Å². The third kappa shape index (κ3) is 4.61. The number of amides is 1. The maximum absolute atomic E-state index is 13.1. The number of hydrazine groups is 1. The summed E-state index contributed by atoms with van der Waals surface area (Å²) in [5.74, 6) is 0.339. The van der Waals surface area contributed by atoms with E-state index in [1.54, 1.807) is 24.1 Å². The number of halogens is 1. The van der Waals surface area contributed by atoms with E-state index in [1.165, 1.54) is 18.3 Å². The van der Waals surface area contributed by atoms with E-state index >= 15 is 0 Å². The van der Waals surface area contributed by atoms with Crippen molar-refractivity contribution in [3.8, 4) is 17.1 Å². The van der Waals surface area contributed by atoms with Gasteiger partial charge < -0.3 is 14.0 Å². The molecule has 1 fully saturated rings. The zero-order valence-corrected chi connectivity index (χ0v) is 16.3. The summed E-state index contributed by atoms with van der Waals surface area (Å²) >= 11 is 0. The first-order valence-corrected chi connectivity index (χ1v) is 9.40. The van der Waals surface area contributed by atoms with Crippen molar-refractivity contribution in [2.45, 2.75) is 13.5 Å². The molecule has 1 aliphatic heterocycles. The Kier molecular flexibility index (Phi) is 5.96. The summed E-state index contributed by atoms with van der Waals surface area (Å²) in [5, 5.41) is 5.80. The normalized spacial score (nSPS) is 14.5. The fraction of sp³-hybridized carbons (Fsp3) is 0.300. The highest BCUT2D eigenvalue weighted by atomic mass is 19.1. The molecule has 1 amide bonds. The lowest BCUT2D eigenvalue weighted by atomic mass is 10.1. The third-order valence-corrected chi connectivity index (χ3v) is 4.58. The molecule has 10 heteroatoms. The van der Waals surface area contributed by atoms with Gasteiger partial charge in [0.05, 0.1) is 36.9 Å². The monoisotopic (exact) mass is 413 g/mol. The van der Waals surface area contributed by atoms with Crippen LogP contribution in [0.2, 0.25) is 0 Å². The Bertz CT molecular complexity index is 1000. The van der Waals surface area contributed by atoms with Gasteiger partial charge in [0.15, 0.2) is 0 Å². The summed E-state index contributed by atoms with van der Waals surface area (Å²) < 4.78 is 29.4. The van der Waals surface area contributed by atoms with E-state index in [-0.39, 0.29) is 18.2 Å². The molecule has 0 spiro atoms. The summed E-state index contributed by atoms with van der Waals surface area (Å²) in [6.45, 7) is 4.35. The van der Waals surface area contributed by atoms with Crippen LogP contribution in [0.25, 0.3) is 11.4 Å². The molecule has 0 atom stereocenters. The number of pyridine rings is 2. The third-order valence-electron chi connectivity index (χ3n) is 4.58. The average molecular weight is 413 g/mol. The van der Waals surface area contributed by atoms with Crippen molar-refractivity contribution in [3.63, 3.8) is 0 Å². The summed E-state index contributed by atoms with van der Waals surface area (Å²) in [5.41, 5.74) is 4.76. The number of rotatable bonds is 6. The Balaban J connectivity index is 1.39. The molecule has 1 aliphatic rings. The van der Waals surface area contributed by atoms with Crippen molar-refractivity contribution in [2.24, 2.45) is 0 Å². The Morgan fingerprint density at radius 3 is 2.73 bits per heavy atom. The first-order valence-electron chi connectivity index (χ1n) is 9.40. The highest BCUT2D eigenvalue weighted by molar-refractivity contribution is 5.91. The summed E-state index contributed by atoms with van der Waals surface area (Å²) in [6.07, 6.45) is 2.60. The lowest BCUT2D eigenvalue weighted by molar-refractivity contribution is 0.0124. The molecule has 0 aromatic carbocycles. The van der Waals surface area contributed by atoms with Crippen molar-refractivity contribution in [2.75, 3.05) is 26.3 Å². The second-order valence-electron chi connectivity index (χ2n) is 6.64. The van der Waals surface area contributed by atoms with Gasteiger partial charge >= 0.3 is 0 Å². The predicted octanol–water partition coefficient (Wildman–Crippen LogP) is 2.14. The molecule has 0 bridgehead atoms. The average Bonchev–Trinajstić information content (AvgIpc) is 3.14. The van der Waals surface area contributed by atoms with Gasteiger partial charge in [0.25, 0.3) is 5.91 Å². The van der Waals surface area contributed by atoms with E-state index in [4.69, 9.17) is 14.0 Å². The minimum atomic E-state index is -0.430. The number of aromatic nitrogens is 3. The first kappa shape index (κ1) is 19.9. The van der Waals surface area contributed by atoms with Crippen molar-refractivity contribution in [1.29, 1.82) is 0 Å². The van der Waals surface area contributed by atoms with Crippen LogP contribution in [0.4, 0.5) is 4.39 Å². The van der Waals surface area contributed by atoms with Crippen LogP contribution < -0.4 is 10.2 Å². The lowest BCUT2D eigenvalue weighted by Crippen LogP contribution is -2.48. The van der Waals surface area contributed by atoms with Gasteiger partial charge in [-0.2, -0.15) is 0 Å². The fourth-order valence-electron chi connectivity index (χ4n) is 2.91. The van der Waals surface area contributed by atoms with Crippen molar-refractivity contribution in [3.05, 3.63) is 59.5 Å². The van der Waals surface area contributed by atoms with Crippen LogP contribution >= 0.6 is 0 Å². The van der Waals surface area contributed by atoms with E-state index < -0.39 is 5.82 Å². The van der Waals surface area contributed by atoms with Crippen molar-refractivity contribution >= 4 is 5.91 Å².